The number of hydrogen-bond donors (Lipinski definition) is 0. The first-order valence-electron chi connectivity index (χ1n) is 9.67. The number of halogens is 1. The van der Waals surface area contributed by atoms with Crippen molar-refractivity contribution in [2.45, 2.75) is 25.7 Å². The molecule has 1 aromatic heterocycles. The zero-order chi connectivity index (χ0) is 20.4. The minimum absolute atomic E-state index is 0.0568. The molecule has 1 aliphatic heterocycles. The molecule has 6 heteroatoms. The monoisotopic (exact) mass is 410 g/mol. The summed E-state index contributed by atoms with van der Waals surface area (Å²) < 4.78 is 18.3. The average Bonchev–Trinajstić information content (AvgIpc) is 3.36. The minimum atomic E-state index is -0.250. The lowest BCUT2D eigenvalue weighted by Gasteiger charge is -2.16. The molecule has 1 amide bonds. The third-order valence-corrected chi connectivity index (χ3v) is 6.51. The van der Waals surface area contributed by atoms with Crippen LogP contribution >= 0.6 is 11.3 Å². The molecule has 0 saturated carbocycles. The van der Waals surface area contributed by atoms with Gasteiger partial charge in [0.25, 0.3) is 5.91 Å². The molecular weight excluding hydrogens is 387 g/mol. The van der Waals surface area contributed by atoms with E-state index < -0.39 is 0 Å². The van der Waals surface area contributed by atoms with Crippen LogP contribution in [0.4, 0.5) is 4.39 Å². The van der Waals surface area contributed by atoms with Crippen LogP contribution in [-0.2, 0) is 6.42 Å². The number of thiazole rings is 1. The summed E-state index contributed by atoms with van der Waals surface area (Å²) in [6.07, 6.45) is 1.56. The second-order valence-electron chi connectivity index (χ2n) is 7.34. The number of ether oxygens (including phenoxy) is 1. The van der Waals surface area contributed by atoms with Crippen LogP contribution < -0.4 is 4.74 Å². The third-order valence-electron chi connectivity index (χ3n) is 5.37. The Balaban J connectivity index is 1.44. The van der Waals surface area contributed by atoms with Crippen LogP contribution in [-0.4, -0.2) is 36.0 Å². The Labute approximate surface area is 174 Å². The largest absolute Gasteiger partial charge is 0.497 e. The van der Waals surface area contributed by atoms with Gasteiger partial charge in [-0.05, 0) is 48.7 Å². The molecule has 0 aliphatic carbocycles. The molecule has 4 rings (SSSR count). The number of carbonyl (C=O) groups is 1. The van der Waals surface area contributed by atoms with E-state index in [1.165, 1.54) is 29.0 Å². The number of nitrogens with zero attached hydrogens (tertiary/aromatic N) is 2. The lowest BCUT2D eigenvalue weighted by Crippen LogP contribution is -2.28. The molecule has 29 heavy (non-hydrogen) atoms. The number of methoxy groups -OCH3 is 1. The molecule has 1 fully saturated rings. The van der Waals surface area contributed by atoms with Gasteiger partial charge in [-0.1, -0.05) is 24.3 Å². The maximum atomic E-state index is 13.1. The van der Waals surface area contributed by atoms with Gasteiger partial charge in [0, 0.05) is 25.4 Å². The molecule has 0 radical (unpaired) electrons. The second kappa shape index (κ2) is 8.33. The summed E-state index contributed by atoms with van der Waals surface area (Å²) in [5, 5.41) is 0.878. The number of benzene rings is 2. The standard InChI is InChI=1S/C23H23FN2O2S/c1-15-22(29-21(25-15)13-16-3-7-19(24)8-4-16)23(27)26-12-11-18(14-26)17-5-9-20(28-2)10-6-17/h3-10,18H,11-14H2,1-2H3. The summed E-state index contributed by atoms with van der Waals surface area (Å²) in [6, 6.07) is 14.5. The van der Waals surface area contributed by atoms with Crippen LogP contribution in [0.3, 0.4) is 0 Å². The Hall–Kier alpha value is -2.73. The maximum absolute atomic E-state index is 13.1. The van der Waals surface area contributed by atoms with Gasteiger partial charge >= 0.3 is 0 Å². The van der Waals surface area contributed by atoms with Crippen molar-refractivity contribution in [1.82, 2.24) is 9.88 Å². The topological polar surface area (TPSA) is 42.4 Å². The molecule has 2 heterocycles. The number of aryl methyl sites for hydroxylation is 1. The molecule has 0 spiro atoms. The van der Waals surface area contributed by atoms with Gasteiger partial charge < -0.3 is 9.64 Å². The zero-order valence-corrected chi connectivity index (χ0v) is 17.3. The van der Waals surface area contributed by atoms with Crippen molar-refractivity contribution in [2.75, 3.05) is 20.2 Å². The van der Waals surface area contributed by atoms with E-state index in [1.54, 1.807) is 19.2 Å². The number of likely N-dealkylation sites (tertiary alicyclic amines) is 1. The van der Waals surface area contributed by atoms with E-state index in [0.717, 1.165) is 41.5 Å². The van der Waals surface area contributed by atoms with E-state index in [4.69, 9.17) is 4.74 Å². The van der Waals surface area contributed by atoms with Crippen LogP contribution in [0.25, 0.3) is 0 Å². The Morgan fingerprint density at radius 2 is 1.93 bits per heavy atom. The third kappa shape index (κ3) is 4.32. The summed E-state index contributed by atoms with van der Waals surface area (Å²) in [5.74, 6) is 0.993. The first kappa shape index (κ1) is 19.6. The van der Waals surface area contributed by atoms with Gasteiger partial charge in [-0.15, -0.1) is 11.3 Å². The van der Waals surface area contributed by atoms with Crippen LogP contribution in [0, 0.1) is 12.7 Å². The highest BCUT2D eigenvalue weighted by Crippen LogP contribution is 2.31. The number of rotatable bonds is 5. The average molecular weight is 411 g/mol. The van der Waals surface area contributed by atoms with Gasteiger partial charge in [0.15, 0.2) is 0 Å². The first-order chi connectivity index (χ1) is 14.0. The predicted octanol–water partition coefficient (Wildman–Crippen LogP) is 4.82. The molecule has 0 N–H and O–H groups in total. The Morgan fingerprint density at radius 1 is 1.21 bits per heavy atom. The van der Waals surface area contributed by atoms with Crippen LogP contribution in [0.1, 0.15) is 43.8 Å². The molecule has 1 unspecified atom stereocenters. The predicted molar refractivity (Wildman–Crippen MR) is 112 cm³/mol. The molecule has 1 aliphatic rings. The molecule has 1 saturated heterocycles. The Bertz CT molecular complexity index is 999. The highest BCUT2D eigenvalue weighted by Gasteiger charge is 2.30. The van der Waals surface area contributed by atoms with Crippen LogP contribution in [0.15, 0.2) is 48.5 Å². The number of amides is 1. The highest BCUT2D eigenvalue weighted by molar-refractivity contribution is 7.13. The van der Waals surface area contributed by atoms with Crippen molar-refractivity contribution in [2.24, 2.45) is 0 Å². The summed E-state index contributed by atoms with van der Waals surface area (Å²) in [7, 11) is 1.66. The summed E-state index contributed by atoms with van der Waals surface area (Å²) >= 11 is 1.44. The summed E-state index contributed by atoms with van der Waals surface area (Å²) in [5.41, 5.74) is 2.99. The van der Waals surface area contributed by atoms with E-state index in [9.17, 15) is 9.18 Å². The molecule has 3 aromatic rings. The summed E-state index contributed by atoms with van der Waals surface area (Å²) in [6.45, 7) is 3.35. The number of aromatic nitrogens is 1. The van der Waals surface area contributed by atoms with E-state index in [2.05, 4.69) is 17.1 Å². The van der Waals surface area contributed by atoms with E-state index in [1.807, 2.05) is 24.0 Å². The van der Waals surface area contributed by atoms with Crippen molar-refractivity contribution >= 4 is 17.2 Å². The molecular formula is C23H23FN2O2S. The van der Waals surface area contributed by atoms with E-state index >= 15 is 0 Å². The fourth-order valence-corrected chi connectivity index (χ4v) is 4.81. The zero-order valence-electron chi connectivity index (χ0n) is 16.5. The fourth-order valence-electron chi connectivity index (χ4n) is 3.74. The van der Waals surface area contributed by atoms with Crippen LogP contribution in [0.2, 0.25) is 0 Å². The molecule has 4 nitrogen and oxygen atoms in total. The van der Waals surface area contributed by atoms with Crippen LogP contribution in [0.5, 0.6) is 5.75 Å². The Kier molecular flexibility index (Phi) is 5.62. The molecule has 2 aromatic carbocycles. The van der Waals surface area contributed by atoms with Crippen molar-refractivity contribution in [3.63, 3.8) is 0 Å². The van der Waals surface area contributed by atoms with Gasteiger partial charge in [-0.25, -0.2) is 9.37 Å². The maximum Gasteiger partial charge on any atom is 0.265 e. The second-order valence-corrected chi connectivity index (χ2v) is 8.42. The molecule has 0 bridgehead atoms. The van der Waals surface area contributed by atoms with Crippen molar-refractivity contribution in [1.29, 1.82) is 0 Å². The normalized spacial score (nSPS) is 16.2. The van der Waals surface area contributed by atoms with Gasteiger partial charge in [0.1, 0.15) is 16.4 Å². The number of hydrogen-bond acceptors (Lipinski definition) is 4. The lowest BCUT2D eigenvalue weighted by atomic mass is 9.98. The minimum Gasteiger partial charge on any atom is -0.497 e. The van der Waals surface area contributed by atoms with E-state index in [-0.39, 0.29) is 11.7 Å². The molecule has 1 atom stereocenters. The molecule has 150 valence electrons. The van der Waals surface area contributed by atoms with Crippen molar-refractivity contribution in [3.8, 4) is 5.75 Å². The summed E-state index contributed by atoms with van der Waals surface area (Å²) in [4.78, 5) is 20.3. The van der Waals surface area contributed by atoms with Gasteiger partial charge in [0.2, 0.25) is 0 Å². The first-order valence-corrected chi connectivity index (χ1v) is 10.5. The van der Waals surface area contributed by atoms with Crippen molar-refractivity contribution in [3.05, 3.63) is 81.1 Å². The van der Waals surface area contributed by atoms with Gasteiger partial charge in [0.05, 0.1) is 17.8 Å². The van der Waals surface area contributed by atoms with Gasteiger partial charge in [-0.2, -0.15) is 0 Å². The quantitative estimate of drug-likeness (QED) is 0.606. The van der Waals surface area contributed by atoms with E-state index in [0.29, 0.717) is 17.2 Å². The van der Waals surface area contributed by atoms with Gasteiger partial charge in [-0.3, -0.25) is 4.79 Å². The Morgan fingerprint density at radius 3 is 2.62 bits per heavy atom. The SMILES string of the molecule is COc1ccc(C2CCN(C(=O)c3sc(Cc4ccc(F)cc4)nc3C)C2)cc1. The smallest absolute Gasteiger partial charge is 0.265 e. The number of carbonyl (C=O) groups excluding carboxylic acids is 1. The fraction of sp³-hybridized carbons (Fsp3) is 0.304. The highest BCUT2D eigenvalue weighted by atomic mass is 32.1. The lowest BCUT2D eigenvalue weighted by molar-refractivity contribution is 0.0794. The van der Waals surface area contributed by atoms with Crippen molar-refractivity contribution < 1.29 is 13.9 Å².